The van der Waals surface area contributed by atoms with Crippen molar-refractivity contribution in [2.45, 2.75) is 19.3 Å². The zero-order valence-corrected chi connectivity index (χ0v) is 8.52. The van der Waals surface area contributed by atoms with Crippen LogP contribution in [0.2, 0.25) is 0 Å². The molecule has 12 heavy (non-hydrogen) atoms. The zero-order valence-electron chi connectivity index (χ0n) is 6.94. The van der Waals surface area contributed by atoms with Gasteiger partial charge in [-0.3, -0.25) is 0 Å². The Kier molecular flexibility index (Phi) is 2.05. The third-order valence-electron chi connectivity index (χ3n) is 2.36. The van der Waals surface area contributed by atoms with Crippen molar-refractivity contribution < 1.29 is 0 Å². The Morgan fingerprint density at radius 3 is 2.83 bits per heavy atom. The smallest absolute Gasteiger partial charge is 0.0178 e. The molecule has 0 heterocycles. The molecular formula is C11H11Br. The molecule has 0 nitrogen and oxygen atoms in total. The molecule has 1 aliphatic carbocycles. The number of halogens is 1. The maximum absolute atomic E-state index is 4.02. The highest BCUT2D eigenvalue weighted by molar-refractivity contribution is 9.10. The van der Waals surface area contributed by atoms with Crippen LogP contribution in [0.4, 0.5) is 0 Å². The van der Waals surface area contributed by atoms with Crippen LogP contribution in [0.3, 0.4) is 0 Å². The molecule has 0 saturated heterocycles. The van der Waals surface area contributed by atoms with Crippen molar-refractivity contribution in [3.8, 4) is 0 Å². The highest BCUT2D eigenvalue weighted by Gasteiger charge is 2.10. The van der Waals surface area contributed by atoms with E-state index in [4.69, 9.17) is 0 Å². The normalized spacial score (nSPS) is 15.9. The molecule has 0 saturated carbocycles. The molecule has 1 aliphatic rings. The SMILES string of the molecule is C=C1CCc2cc(Br)ccc2C1. The number of allylic oxidation sites excluding steroid dienone is 1. The van der Waals surface area contributed by atoms with Gasteiger partial charge in [0.2, 0.25) is 0 Å². The molecule has 0 fully saturated rings. The highest BCUT2D eigenvalue weighted by atomic mass is 79.9. The second-order valence-electron chi connectivity index (χ2n) is 3.34. The van der Waals surface area contributed by atoms with E-state index in [2.05, 4.69) is 40.7 Å². The lowest BCUT2D eigenvalue weighted by atomic mass is 9.89. The van der Waals surface area contributed by atoms with E-state index in [-0.39, 0.29) is 0 Å². The van der Waals surface area contributed by atoms with E-state index in [9.17, 15) is 0 Å². The van der Waals surface area contributed by atoms with Crippen LogP contribution in [0.15, 0.2) is 34.8 Å². The van der Waals surface area contributed by atoms with E-state index < -0.39 is 0 Å². The first-order valence-corrected chi connectivity index (χ1v) is 4.99. The van der Waals surface area contributed by atoms with Gasteiger partial charge in [0.05, 0.1) is 0 Å². The van der Waals surface area contributed by atoms with Crippen LogP contribution < -0.4 is 0 Å². The van der Waals surface area contributed by atoms with Crippen LogP contribution >= 0.6 is 15.9 Å². The topological polar surface area (TPSA) is 0 Å². The van der Waals surface area contributed by atoms with Gasteiger partial charge in [0.1, 0.15) is 0 Å². The molecule has 1 aromatic carbocycles. The Hall–Kier alpha value is -0.560. The Bertz CT molecular complexity index is 326. The third-order valence-corrected chi connectivity index (χ3v) is 2.85. The average molecular weight is 223 g/mol. The Morgan fingerprint density at radius 1 is 1.17 bits per heavy atom. The molecule has 0 aromatic heterocycles. The maximum atomic E-state index is 4.02. The lowest BCUT2D eigenvalue weighted by Crippen LogP contribution is -2.04. The number of hydrogen-bond acceptors (Lipinski definition) is 0. The predicted octanol–water partition coefficient (Wildman–Crippen LogP) is 3.49. The van der Waals surface area contributed by atoms with Crippen molar-refractivity contribution in [1.82, 2.24) is 0 Å². The number of benzene rings is 1. The summed E-state index contributed by atoms with van der Waals surface area (Å²) < 4.78 is 1.19. The quantitative estimate of drug-likeness (QED) is 0.590. The lowest BCUT2D eigenvalue weighted by Gasteiger charge is -2.17. The molecule has 1 heteroatoms. The highest BCUT2D eigenvalue weighted by Crippen LogP contribution is 2.26. The molecule has 2 rings (SSSR count). The summed E-state index contributed by atoms with van der Waals surface area (Å²) in [5.41, 5.74) is 4.30. The van der Waals surface area contributed by atoms with Gasteiger partial charge in [-0.05, 0) is 42.5 Å². The van der Waals surface area contributed by atoms with Crippen molar-refractivity contribution in [2.24, 2.45) is 0 Å². The van der Waals surface area contributed by atoms with E-state index in [1.807, 2.05) is 0 Å². The fourth-order valence-electron chi connectivity index (χ4n) is 1.67. The molecule has 0 N–H and O–H groups in total. The van der Waals surface area contributed by atoms with Crippen LogP contribution in [-0.2, 0) is 12.8 Å². The van der Waals surface area contributed by atoms with Crippen LogP contribution in [0.5, 0.6) is 0 Å². The average Bonchev–Trinajstić information content (AvgIpc) is 2.05. The molecule has 0 aliphatic heterocycles. The van der Waals surface area contributed by atoms with Crippen molar-refractivity contribution in [1.29, 1.82) is 0 Å². The monoisotopic (exact) mass is 222 g/mol. The Morgan fingerprint density at radius 2 is 2.00 bits per heavy atom. The van der Waals surface area contributed by atoms with Gasteiger partial charge in [0.15, 0.2) is 0 Å². The maximum Gasteiger partial charge on any atom is 0.0178 e. The van der Waals surface area contributed by atoms with Crippen molar-refractivity contribution in [3.63, 3.8) is 0 Å². The van der Waals surface area contributed by atoms with Crippen LogP contribution in [0.1, 0.15) is 17.5 Å². The zero-order chi connectivity index (χ0) is 8.55. The summed E-state index contributed by atoms with van der Waals surface area (Å²) in [5.74, 6) is 0. The van der Waals surface area contributed by atoms with Gasteiger partial charge in [-0.15, -0.1) is 0 Å². The number of rotatable bonds is 0. The first kappa shape index (κ1) is 8.06. The lowest BCUT2D eigenvalue weighted by molar-refractivity contribution is 0.840. The van der Waals surface area contributed by atoms with E-state index in [1.54, 1.807) is 0 Å². The summed E-state index contributed by atoms with van der Waals surface area (Å²) in [6.45, 7) is 4.02. The first-order chi connectivity index (χ1) is 5.75. The summed E-state index contributed by atoms with van der Waals surface area (Å²) >= 11 is 3.48. The number of hydrogen-bond donors (Lipinski definition) is 0. The fraction of sp³-hybridized carbons (Fsp3) is 0.273. The van der Waals surface area contributed by atoms with Gasteiger partial charge < -0.3 is 0 Å². The summed E-state index contributed by atoms with van der Waals surface area (Å²) in [7, 11) is 0. The van der Waals surface area contributed by atoms with E-state index in [1.165, 1.54) is 21.2 Å². The van der Waals surface area contributed by atoms with Crippen LogP contribution in [0.25, 0.3) is 0 Å². The standard InChI is InChI=1S/C11H11Br/c1-8-2-3-10-7-11(12)5-4-9(10)6-8/h4-5,7H,1-3,6H2. The summed E-state index contributed by atoms with van der Waals surface area (Å²) in [6.07, 6.45) is 3.39. The molecule has 1 aromatic rings. The molecule has 62 valence electrons. The summed E-state index contributed by atoms with van der Waals surface area (Å²) in [4.78, 5) is 0. The first-order valence-electron chi connectivity index (χ1n) is 4.19. The predicted molar refractivity (Wildman–Crippen MR) is 55.3 cm³/mol. The van der Waals surface area contributed by atoms with Crippen molar-refractivity contribution in [2.75, 3.05) is 0 Å². The molecule has 0 amide bonds. The Labute approximate surface area is 81.4 Å². The minimum Gasteiger partial charge on any atom is -0.0995 e. The molecule has 0 unspecified atom stereocenters. The van der Waals surface area contributed by atoms with E-state index >= 15 is 0 Å². The number of fused-ring (bicyclic) bond motifs is 1. The van der Waals surface area contributed by atoms with Gasteiger partial charge in [-0.25, -0.2) is 0 Å². The second-order valence-corrected chi connectivity index (χ2v) is 4.26. The van der Waals surface area contributed by atoms with E-state index in [0.717, 1.165) is 19.3 Å². The molecular weight excluding hydrogens is 212 g/mol. The third kappa shape index (κ3) is 1.46. The summed E-state index contributed by atoms with van der Waals surface area (Å²) in [6, 6.07) is 6.53. The summed E-state index contributed by atoms with van der Waals surface area (Å²) in [5, 5.41) is 0. The molecule has 0 radical (unpaired) electrons. The van der Waals surface area contributed by atoms with Crippen molar-refractivity contribution in [3.05, 3.63) is 46.0 Å². The van der Waals surface area contributed by atoms with Crippen LogP contribution in [-0.4, -0.2) is 0 Å². The Balaban J connectivity index is 2.43. The van der Waals surface area contributed by atoms with Gasteiger partial charge in [-0.1, -0.05) is 34.1 Å². The van der Waals surface area contributed by atoms with E-state index in [0.29, 0.717) is 0 Å². The second kappa shape index (κ2) is 3.06. The molecule has 0 spiro atoms. The van der Waals surface area contributed by atoms with Gasteiger partial charge >= 0.3 is 0 Å². The minimum absolute atomic E-state index is 1.07. The van der Waals surface area contributed by atoms with Crippen molar-refractivity contribution >= 4 is 15.9 Å². The van der Waals surface area contributed by atoms with Gasteiger partial charge in [-0.2, -0.15) is 0 Å². The van der Waals surface area contributed by atoms with Crippen LogP contribution in [0, 0.1) is 0 Å². The van der Waals surface area contributed by atoms with Gasteiger partial charge in [0, 0.05) is 4.47 Å². The van der Waals surface area contributed by atoms with Gasteiger partial charge in [0.25, 0.3) is 0 Å². The minimum atomic E-state index is 1.07. The molecule has 0 bridgehead atoms. The molecule has 0 atom stereocenters. The number of aryl methyl sites for hydroxylation is 1. The fourth-order valence-corrected chi connectivity index (χ4v) is 2.08. The largest absolute Gasteiger partial charge is 0.0995 e.